The van der Waals surface area contributed by atoms with E-state index in [9.17, 15) is 18.0 Å². The zero-order chi connectivity index (χ0) is 29.3. The van der Waals surface area contributed by atoms with Crippen molar-refractivity contribution >= 4 is 11.5 Å². The minimum absolute atomic E-state index is 0.0526. The summed E-state index contributed by atoms with van der Waals surface area (Å²) in [5.74, 6) is 0.212. The van der Waals surface area contributed by atoms with E-state index in [1.807, 2.05) is 0 Å². The molecule has 4 rings (SSSR count). The highest BCUT2D eigenvalue weighted by Gasteiger charge is 2.34. The van der Waals surface area contributed by atoms with Gasteiger partial charge in [-0.3, -0.25) is 9.36 Å². The van der Waals surface area contributed by atoms with Crippen LogP contribution in [0.2, 0.25) is 0 Å². The molecule has 0 amide bonds. The molecular weight excluding hydrogens is 511 g/mol. The van der Waals surface area contributed by atoms with Crippen LogP contribution in [0.3, 0.4) is 0 Å². The molecule has 1 aliphatic heterocycles. The third-order valence-electron chi connectivity index (χ3n) is 8.00. The van der Waals surface area contributed by atoms with Gasteiger partial charge in [-0.05, 0) is 77.8 Å². The number of hydrogen-bond acceptors (Lipinski definition) is 3. The van der Waals surface area contributed by atoms with E-state index in [0.29, 0.717) is 12.3 Å². The van der Waals surface area contributed by atoms with Gasteiger partial charge in [0.25, 0.3) is 0 Å². The Balaban J connectivity index is 1.44. The molecule has 1 fully saturated rings. The smallest absolute Gasteiger partial charge is 0.372 e. The normalized spacial score (nSPS) is 17.1. The highest BCUT2D eigenvalue weighted by atomic mass is 19.4. The number of nitrogens with zero attached hydrogens (tertiary/aromatic N) is 3. The molecule has 2 heterocycles. The number of anilines is 1. The van der Waals surface area contributed by atoms with Crippen LogP contribution in [0.1, 0.15) is 101 Å². The lowest BCUT2D eigenvalue weighted by molar-refractivity contribution is -0.137. The molecule has 0 saturated carbocycles. The topological polar surface area (TPSA) is 38.1 Å². The van der Waals surface area contributed by atoms with Crippen molar-refractivity contribution < 1.29 is 18.0 Å². The Morgan fingerprint density at radius 2 is 1.57 bits per heavy atom. The monoisotopic (exact) mass is 553 g/mol. The van der Waals surface area contributed by atoms with Gasteiger partial charge in [0.2, 0.25) is 0 Å². The van der Waals surface area contributed by atoms with Crippen LogP contribution in [-0.2, 0) is 17.0 Å². The molecular formula is C33H42F3N3O. The van der Waals surface area contributed by atoms with Crippen LogP contribution in [0.15, 0.2) is 54.9 Å². The van der Waals surface area contributed by atoms with Gasteiger partial charge in [-0.2, -0.15) is 13.2 Å². The first kappa shape index (κ1) is 29.9. The molecule has 40 heavy (non-hydrogen) atoms. The number of benzene rings is 2. The van der Waals surface area contributed by atoms with E-state index in [0.717, 1.165) is 38.4 Å². The van der Waals surface area contributed by atoms with Gasteiger partial charge in [-0.15, -0.1) is 0 Å². The molecule has 1 atom stereocenters. The van der Waals surface area contributed by atoms with Crippen molar-refractivity contribution in [1.82, 2.24) is 9.55 Å². The molecule has 0 spiro atoms. The standard InChI is InChI=1S/C33H42F3N3O/c1-31(2,3)24-20-25(32(4,5)6)22-26(21-24)38-17-9-10-23(15-18-38)13-14-29(40)30-37-16-19-39(30)28-12-8-7-11-27(28)33(34,35)36/h7-8,11-12,16,19-23H,9-10,13-15,17-18H2,1-6H3. The Bertz CT molecular complexity index is 1300. The largest absolute Gasteiger partial charge is 0.418 e. The highest BCUT2D eigenvalue weighted by Crippen LogP contribution is 2.36. The summed E-state index contributed by atoms with van der Waals surface area (Å²) in [6, 6.07) is 12.3. The molecule has 1 aliphatic rings. The minimum Gasteiger partial charge on any atom is -0.372 e. The fourth-order valence-electron chi connectivity index (χ4n) is 5.45. The maximum atomic E-state index is 13.6. The molecule has 1 saturated heterocycles. The van der Waals surface area contributed by atoms with Crippen LogP contribution in [0.5, 0.6) is 0 Å². The minimum atomic E-state index is -4.52. The number of Topliss-reactive ketones (excluding diaryl/α,β-unsaturated/α-hetero) is 1. The molecule has 7 heteroatoms. The maximum Gasteiger partial charge on any atom is 0.418 e. The summed E-state index contributed by atoms with van der Waals surface area (Å²) in [5.41, 5.74) is 3.19. The number of halogens is 3. The van der Waals surface area contributed by atoms with Gasteiger partial charge in [-0.25, -0.2) is 4.98 Å². The van der Waals surface area contributed by atoms with E-state index in [2.05, 4.69) is 69.6 Å². The first-order chi connectivity index (χ1) is 18.6. The molecule has 1 unspecified atom stereocenters. The van der Waals surface area contributed by atoms with Gasteiger partial charge in [0.05, 0.1) is 11.3 Å². The first-order valence-corrected chi connectivity index (χ1v) is 14.3. The van der Waals surface area contributed by atoms with Crippen LogP contribution < -0.4 is 4.90 Å². The molecule has 0 N–H and O–H groups in total. The number of rotatable bonds is 6. The Hall–Kier alpha value is -3.09. The second kappa shape index (κ2) is 11.4. The number of ketones is 1. The summed E-state index contributed by atoms with van der Waals surface area (Å²) >= 11 is 0. The lowest BCUT2D eigenvalue weighted by atomic mass is 9.80. The number of imidazole rings is 1. The molecule has 2 aromatic carbocycles. The lowest BCUT2D eigenvalue weighted by Crippen LogP contribution is -2.26. The van der Waals surface area contributed by atoms with Crippen molar-refractivity contribution in [3.8, 4) is 5.69 Å². The van der Waals surface area contributed by atoms with Gasteiger partial charge in [-0.1, -0.05) is 59.7 Å². The maximum absolute atomic E-state index is 13.6. The molecule has 0 aliphatic carbocycles. The zero-order valence-corrected chi connectivity index (χ0v) is 24.6. The van der Waals surface area contributed by atoms with Gasteiger partial charge in [0.15, 0.2) is 11.6 Å². The fraction of sp³-hybridized carbons (Fsp3) is 0.515. The van der Waals surface area contributed by atoms with E-state index in [1.54, 1.807) is 0 Å². The van der Waals surface area contributed by atoms with E-state index in [4.69, 9.17) is 0 Å². The summed E-state index contributed by atoms with van der Waals surface area (Å²) < 4.78 is 42.1. The molecule has 4 nitrogen and oxygen atoms in total. The number of alkyl halides is 3. The van der Waals surface area contributed by atoms with Crippen molar-refractivity contribution in [1.29, 1.82) is 0 Å². The third-order valence-corrected chi connectivity index (χ3v) is 8.00. The number of para-hydroxylation sites is 1. The molecule has 1 aromatic heterocycles. The van der Waals surface area contributed by atoms with E-state index >= 15 is 0 Å². The second-order valence-corrected chi connectivity index (χ2v) is 13.2. The number of carbonyl (C=O) groups is 1. The summed E-state index contributed by atoms with van der Waals surface area (Å²) in [4.78, 5) is 19.8. The SMILES string of the molecule is CC(C)(C)c1cc(N2CCCC(CCC(=O)c3nccn3-c3ccccc3C(F)(F)F)CC2)cc(C(C)(C)C)c1. The van der Waals surface area contributed by atoms with Crippen molar-refractivity contribution in [2.45, 2.75) is 90.7 Å². The van der Waals surface area contributed by atoms with Crippen LogP contribution in [0.4, 0.5) is 18.9 Å². The van der Waals surface area contributed by atoms with Gasteiger partial charge in [0, 0.05) is 37.6 Å². The number of carbonyl (C=O) groups excluding carboxylic acids is 1. The molecule has 3 aromatic rings. The van der Waals surface area contributed by atoms with Gasteiger partial charge >= 0.3 is 6.18 Å². The van der Waals surface area contributed by atoms with E-state index in [1.165, 1.54) is 52.0 Å². The van der Waals surface area contributed by atoms with E-state index in [-0.39, 0.29) is 34.5 Å². The van der Waals surface area contributed by atoms with Gasteiger partial charge in [0.1, 0.15) is 0 Å². The summed E-state index contributed by atoms with van der Waals surface area (Å²) in [7, 11) is 0. The van der Waals surface area contributed by atoms with Crippen molar-refractivity contribution in [2.75, 3.05) is 18.0 Å². The molecule has 216 valence electrons. The van der Waals surface area contributed by atoms with Gasteiger partial charge < -0.3 is 4.90 Å². The predicted octanol–water partition coefficient (Wildman–Crippen LogP) is 8.76. The zero-order valence-electron chi connectivity index (χ0n) is 24.6. The summed E-state index contributed by atoms with van der Waals surface area (Å²) in [5, 5.41) is 0. The quantitative estimate of drug-likeness (QED) is 0.287. The van der Waals surface area contributed by atoms with Crippen molar-refractivity contribution in [3.63, 3.8) is 0 Å². The summed E-state index contributed by atoms with van der Waals surface area (Å²) in [6.07, 6.45) is 2.31. The highest BCUT2D eigenvalue weighted by molar-refractivity contribution is 5.93. The first-order valence-electron chi connectivity index (χ1n) is 14.3. The van der Waals surface area contributed by atoms with Crippen molar-refractivity contribution in [3.05, 3.63) is 77.4 Å². The number of aromatic nitrogens is 2. The number of hydrogen-bond donors (Lipinski definition) is 0. The Labute approximate surface area is 236 Å². The average Bonchev–Trinajstić information content (AvgIpc) is 3.24. The van der Waals surface area contributed by atoms with Crippen LogP contribution in [0, 0.1) is 5.92 Å². The molecule has 0 radical (unpaired) electrons. The Morgan fingerprint density at radius 1 is 0.925 bits per heavy atom. The predicted molar refractivity (Wildman–Crippen MR) is 156 cm³/mol. The summed E-state index contributed by atoms with van der Waals surface area (Å²) in [6.45, 7) is 15.4. The third kappa shape index (κ3) is 6.97. The van der Waals surface area contributed by atoms with Crippen LogP contribution >= 0.6 is 0 Å². The average molecular weight is 554 g/mol. The Kier molecular flexibility index (Phi) is 8.53. The lowest BCUT2D eigenvalue weighted by Gasteiger charge is -2.30. The van der Waals surface area contributed by atoms with Crippen LogP contribution in [0.25, 0.3) is 5.69 Å². The van der Waals surface area contributed by atoms with E-state index < -0.39 is 11.7 Å². The van der Waals surface area contributed by atoms with Crippen molar-refractivity contribution in [2.24, 2.45) is 5.92 Å². The fourth-order valence-corrected chi connectivity index (χ4v) is 5.45. The Morgan fingerprint density at radius 3 is 2.20 bits per heavy atom. The van der Waals surface area contributed by atoms with Crippen LogP contribution in [-0.4, -0.2) is 28.4 Å². The molecule has 0 bridgehead atoms. The second-order valence-electron chi connectivity index (χ2n) is 13.2.